The van der Waals surface area contributed by atoms with Gasteiger partial charge in [0.2, 0.25) is 5.78 Å². The number of hydrogen-bond acceptors (Lipinski definition) is 4. The maximum absolute atomic E-state index is 12.4. The van der Waals surface area contributed by atoms with Gasteiger partial charge in [-0.15, -0.1) is 0 Å². The lowest BCUT2D eigenvalue weighted by Gasteiger charge is -2.25. The number of ketones is 1. The number of carbonyl (C=O) groups is 1. The van der Waals surface area contributed by atoms with Crippen molar-refractivity contribution in [1.82, 2.24) is 4.98 Å². The van der Waals surface area contributed by atoms with Gasteiger partial charge in [-0.3, -0.25) is 9.78 Å². The summed E-state index contributed by atoms with van der Waals surface area (Å²) in [7, 11) is 0. The second-order valence-corrected chi connectivity index (χ2v) is 4.42. The van der Waals surface area contributed by atoms with Crippen LogP contribution in [0, 0.1) is 6.92 Å². The molecule has 0 N–H and O–H groups in total. The molecular formula is C15H13NO3. The van der Waals surface area contributed by atoms with Gasteiger partial charge in [0.1, 0.15) is 6.61 Å². The third-order valence-corrected chi connectivity index (χ3v) is 3.11. The average Bonchev–Trinajstić information content (AvgIpc) is 2.46. The zero-order chi connectivity index (χ0) is 13.2. The minimum atomic E-state index is -0.613. The Morgan fingerprint density at radius 2 is 2.05 bits per heavy atom. The molecule has 4 nitrogen and oxygen atoms in total. The maximum atomic E-state index is 12.4. The number of fused-ring (bicyclic) bond motifs is 1. The van der Waals surface area contributed by atoms with Crippen LogP contribution in [0.15, 0.2) is 42.7 Å². The summed E-state index contributed by atoms with van der Waals surface area (Å²) in [5.74, 6) is 1.18. The summed E-state index contributed by atoms with van der Waals surface area (Å²) in [5, 5.41) is 0. The van der Waals surface area contributed by atoms with Gasteiger partial charge in [0, 0.05) is 18.0 Å². The predicted octanol–water partition coefficient (Wildman–Crippen LogP) is 2.41. The van der Waals surface area contributed by atoms with Crippen molar-refractivity contribution in [2.75, 3.05) is 6.61 Å². The van der Waals surface area contributed by atoms with E-state index in [4.69, 9.17) is 9.47 Å². The zero-order valence-electron chi connectivity index (χ0n) is 10.5. The Morgan fingerprint density at radius 3 is 2.84 bits per heavy atom. The Balaban J connectivity index is 1.86. The predicted molar refractivity (Wildman–Crippen MR) is 69.7 cm³/mol. The van der Waals surface area contributed by atoms with Crippen LogP contribution in [0.25, 0.3) is 0 Å². The second kappa shape index (κ2) is 4.72. The van der Waals surface area contributed by atoms with E-state index in [1.54, 1.807) is 18.5 Å². The van der Waals surface area contributed by atoms with Gasteiger partial charge in [-0.25, -0.2) is 0 Å². The van der Waals surface area contributed by atoms with Crippen molar-refractivity contribution in [2.45, 2.75) is 13.0 Å². The first-order valence-corrected chi connectivity index (χ1v) is 6.09. The van der Waals surface area contributed by atoms with Crippen molar-refractivity contribution >= 4 is 5.78 Å². The maximum Gasteiger partial charge on any atom is 0.208 e. The molecule has 0 saturated carbocycles. The van der Waals surface area contributed by atoms with E-state index in [9.17, 15) is 4.79 Å². The Bertz CT molecular complexity index is 624. The molecule has 4 heteroatoms. The minimum Gasteiger partial charge on any atom is -0.485 e. The minimum absolute atomic E-state index is 0.0971. The fraction of sp³-hybridized carbons (Fsp3) is 0.200. The number of rotatable bonds is 2. The van der Waals surface area contributed by atoms with Crippen molar-refractivity contribution in [3.05, 3.63) is 53.9 Å². The van der Waals surface area contributed by atoms with Crippen molar-refractivity contribution in [1.29, 1.82) is 0 Å². The number of benzene rings is 1. The fourth-order valence-electron chi connectivity index (χ4n) is 2.04. The third-order valence-electron chi connectivity index (χ3n) is 3.11. The topological polar surface area (TPSA) is 48.4 Å². The molecule has 2 aromatic rings. The van der Waals surface area contributed by atoms with E-state index in [0.717, 1.165) is 5.56 Å². The Kier molecular flexibility index (Phi) is 2.91. The lowest BCUT2D eigenvalue weighted by molar-refractivity contribution is 0.0585. The van der Waals surface area contributed by atoms with Crippen LogP contribution in [0.1, 0.15) is 15.9 Å². The first kappa shape index (κ1) is 11.7. The summed E-state index contributed by atoms with van der Waals surface area (Å²) in [4.78, 5) is 16.4. The van der Waals surface area contributed by atoms with E-state index >= 15 is 0 Å². The van der Waals surface area contributed by atoms with Crippen LogP contribution < -0.4 is 9.47 Å². The van der Waals surface area contributed by atoms with Crippen LogP contribution in [-0.2, 0) is 0 Å². The van der Waals surface area contributed by atoms with E-state index < -0.39 is 6.10 Å². The molecule has 0 fully saturated rings. The summed E-state index contributed by atoms with van der Waals surface area (Å²) in [6, 6.07) is 9.15. The lowest BCUT2D eigenvalue weighted by Crippen LogP contribution is -2.37. The first-order valence-electron chi connectivity index (χ1n) is 6.09. The van der Waals surface area contributed by atoms with Crippen LogP contribution in [0.3, 0.4) is 0 Å². The monoisotopic (exact) mass is 255 g/mol. The first-order chi connectivity index (χ1) is 9.25. The molecule has 1 aromatic heterocycles. The van der Waals surface area contributed by atoms with Gasteiger partial charge >= 0.3 is 0 Å². The number of aryl methyl sites for hydroxylation is 1. The number of ether oxygens (including phenoxy) is 2. The molecule has 0 radical (unpaired) electrons. The van der Waals surface area contributed by atoms with Crippen molar-refractivity contribution in [2.24, 2.45) is 0 Å². The van der Waals surface area contributed by atoms with Crippen LogP contribution in [0.4, 0.5) is 0 Å². The number of carbonyl (C=O) groups excluding carboxylic acids is 1. The molecule has 0 spiro atoms. The Labute approximate surface area is 111 Å². The fourth-order valence-corrected chi connectivity index (χ4v) is 2.04. The SMILES string of the molecule is Cc1ccncc1C(=O)C1COc2ccccc2O1. The molecule has 19 heavy (non-hydrogen) atoms. The molecule has 0 amide bonds. The highest BCUT2D eigenvalue weighted by Crippen LogP contribution is 2.31. The quantitative estimate of drug-likeness (QED) is 0.773. The highest BCUT2D eigenvalue weighted by Gasteiger charge is 2.28. The summed E-state index contributed by atoms with van der Waals surface area (Å²) in [6.45, 7) is 2.11. The normalized spacial score (nSPS) is 17.0. The van der Waals surface area contributed by atoms with Gasteiger partial charge in [-0.1, -0.05) is 12.1 Å². The van der Waals surface area contributed by atoms with Gasteiger partial charge in [-0.05, 0) is 30.7 Å². The standard InChI is InChI=1S/C15H13NO3/c1-10-6-7-16-8-11(10)15(17)14-9-18-12-4-2-3-5-13(12)19-14/h2-8,14H,9H2,1H3. The van der Waals surface area contributed by atoms with Crippen molar-refractivity contribution in [3.8, 4) is 11.5 Å². The zero-order valence-corrected chi connectivity index (χ0v) is 10.5. The van der Waals surface area contributed by atoms with Gasteiger partial charge in [0.05, 0.1) is 0 Å². The molecular weight excluding hydrogens is 242 g/mol. The largest absolute Gasteiger partial charge is 0.485 e. The van der Waals surface area contributed by atoms with Crippen LogP contribution >= 0.6 is 0 Å². The van der Waals surface area contributed by atoms with Crippen LogP contribution in [0.5, 0.6) is 11.5 Å². The number of aromatic nitrogens is 1. The second-order valence-electron chi connectivity index (χ2n) is 4.42. The summed E-state index contributed by atoms with van der Waals surface area (Å²) in [6.07, 6.45) is 2.62. The summed E-state index contributed by atoms with van der Waals surface area (Å²) >= 11 is 0. The lowest BCUT2D eigenvalue weighted by atomic mass is 10.0. The molecule has 1 unspecified atom stereocenters. The van der Waals surface area contributed by atoms with E-state index in [1.807, 2.05) is 31.2 Å². The molecule has 0 saturated heterocycles. The molecule has 1 aliphatic rings. The molecule has 3 rings (SSSR count). The summed E-state index contributed by atoms with van der Waals surface area (Å²) < 4.78 is 11.3. The third kappa shape index (κ3) is 2.17. The van der Waals surface area contributed by atoms with Crippen LogP contribution in [-0.4, -0.2) is 23.5 Å². The van der Waals surface area contributed by atoms with E-state index in [0.29, 0.717) is 17.1 Å². The van der Waals surface area contributed by atoms with Gasteiger partial charge in [-0.2, -0.15) is 0 Å². The Morgan fingerprint density at radius 1 is 1.26 bits per heavy atom. The number of pyridine rings is 1. The molecule has 96 valence electrons. The Hall–Kier alpha value is -2.36. The van der Waals surface area contributed by atoms with E-state index in [-0.39, 0.29) is 12.4 Å². The van der Waals surface area contributed by atoms with E-state index in [1.165, 1.54) is 0 Å². The molecule has 2 heterocycles. The van der Waals surface area contributed by atoms with Gasteiger partial charge < -0.3 is 9.47 Å². The van der Waals surface area contributed by atoms with Gasteiger partial charge in [0.25, 0.3) is 0 Å². The van der Waals surface area contributed by atoms with Crippen LogP contribution in [0.2, 0.25) is 0 Å². The van der Waals surface area contributed by atoms with E-state index in [2.05, 4.69) is 4.98 Å². The van der Waals surface area contributed by atoms with Gasteiger partial charge in [0.15, 0.2) is 17.6 Å². The molecule has 1 aliphatic heterocycles. The average molecular weight is 255 g/mol. The molecule has 0 bridgehead atoms. The molecule has 1 aromatic carbocycles. The number of nitrogens with zero attached hydrogens (tertiary/aromatic N) is 1. The smallest absolute Gasteiger partial charge is 0.208 e. The van der Waals surface area contributed by atoms with Crippen molar-refractivity contribution in [3.63, 3.8) is 0 Å². The molecule has 0 aliphatic carbocycles. The summed E-state index contributed by atoms with van der Waals surface area (Å²) in [5.41, 5.74) is 1.47. The number of Topliss-reactive ketones (excluding diaryl/α,β-unsaturated/α-hetero) is 1. The molecule has 1 atom stereocenters. The number of para-hydroxylation sites is 2. The van der Waals surface area contributed by atoms with Crippen molar-refractivity contribution < 1.29 is 14.3 Å². The highest BCUT2D eigenvalue weighted by atomic mass is 16.6. The highest BCUT2D eigenvalue weighted by molar-refractivity contribution is 6.00. The number of hydrogen-bond donors (Lipinski definition) is 0.